The molecule has 1 fully saturated rings. The molecule has 0 spiro atoms. The van der Waals surface area contributed by atoms with E-state index in [1.165, 1.54) is 18.4 Å². The molecular formula is C7H13N. The molecule has 1 saturated carbocycles. The van der Waals surface area contributed by atoms with Gasteiger partial charge in [0.1, 0.15) is 0 Å². The fourth-order valence-electron chi connectivity index (χ4n) is 0.891. The van der Waals surface area contributed by atoms with E-state index >= 15 is 0 Å². The van der Waals surface area contributed by atoms with Gasteiger partial charge in [-0.05, 0) is 25.7 Å². The predicted molar refractivity (Wildman–Crippen MR) is 35.5 cm³/mol. The van der Waals surface area contributed by atoms with E-state index in [0.717, 1.165) is 5.92 Å². The van der Waals surface area contributed by atoms with Crippen molar-refractivity contribution in [3.63, 3.8) is 0 Å². The summed E-state index contributed by atoms with van der Waals surface area (Å²) in [6, 6.07) is 0. The Balaban J connectivity index is 2.31. The summed E-state index contributed by atoms with van der Waals surface area (Å²) in [7, 11) is 0. The van der Waals surface area contributed by atoms with Gasteiger partial charge in [-0.25, -0.2) is 0 Å². The molecule has 46 valence electrons. The third-order valence-corrected chi connectivity index (χ3v) is 1.66. The van der Waals surface area contributed by atoms with E-state index in [0.29, 0.717) is 6.54 Å². The molecule has 2 N–H and O–H groups in total. The molecule has 0 aliphatic heterocycles. The summed E-state index contributed by atoms with van der Waals surface area (Å²) < 4.78 is 0. The molecule has 0 amide bonds. The van der Waals surface area contributed by atoms with Crippen LogP contribution in [0.2, 0.25) is 0 Å². The van der Waals surface area contributed by atoms with Gasteiger partial charge in [0.25, 0.3) is 0 Å². The van der Waals surface area contributed by atoms with Crippen molar-refractivity contribution < 1.29 is 0 Å². The molecule has 1 aliphatic rings. The van der Waals surface area contributed by atoms with Crippen molar-refractivity contribution in [2.24, 2.45) is 11.7 Å². The Morgan fingerprint density at radius 2 is 2.38 bits per heavy atom. The Bertz CT molecular complexity index is 101. The lowest BCUT2D eigenvalue weighted by atomic mass is 10.2. The first kappa shape index (κ1) is 5.83. The van der Waals surface area contributed by atoms with Gasteiger partial charge in [-0.15, -0.1) is 0 Å². The van der Waals surface area contributed by atoms with Crippen LogP contribution in [0, 0.1) is 5.92 Å². The second kappa shape index (κ2) is 2.31. The third-order valence-electron chi connectivity index (χ3n) is 1.66. The van der Waals surface area contributed by atoms with Crippen LogP contribution in [0.25, 0.3) is 0 Å². The maximum absolute atomic E-state index is 5.32. The van der Waals surface area contributed by atoms with Crippen LogP contribution < -0.4 is 5.73 Å². The van der Waals surface area contributed by atoms with Gasteiger partial charge in [0, 0.05) is 6.54 Å². The van der Waals surface area contributed by atoms with Crippen LogP contribution in [-0.2, 0) is 0 Å². The second-order valence-electron chi connectivity index (χ2n) is 2.46. The predicted octanol–water partition coefficient (Wildman–Crippen LogP) is 1.30. The minimum atomic E-state index is 0.711. The summed E-state index contributed by atoms with van der Waals surface area (Å²) in [5.41, 5.74) is 6.81. The molecule has 1 rings (SSSR count). The maximum Gasteiger partial charge on any atom is 0.0109 e. The fourth-order valence-corrected chi connectivity index (χ4v) is 0.891. The van der Waals surface area contributed by atoms with Crippen LogP contribution in [-0.4, -0.2) is 6.54 Å². The molecule has 0 aromatic carbocycles. The Hall–Kier alpha value is -0.300. The zero-order chi connectivity index (χ0) is 5.98. The summed E-state index contributed by atoms with van der Waals surface area (Å²) >= 11 is 0. The summed E-state index contributed by atoms with van der Waals surface area (Å²) in [6.45, 7) is 2.88. The molecule has 0 aromatic heterocycles. The van der Waals surface area contributed by atoms with E-state index in [2.05, 4.69) is 13.0 Å². The fraction of sp³-hybridized carbons (Fsp3) is 0.714. The van der Waals surface area contributed by atoms with Crippen molar-refractivity contribution >= 4 is 0 Å². The first-order valence-corrected chi connectivity index (χ1v) is 3.21. The molecule has 0 bridgehead atoms. The van der Waals surface area contributed by atoms with Gasteiger partial charge in [0.15, 0.2) is 0 Å². The zero-order valence-corrected chi connectivity index (χ0v) is 5.35. The van der Waals surface area contributed by atoms with Crippen LogP contribution in [0.5, 0.6) is 0 Å². The molecule has 0 unspecified atom stereocenters. The highest BCUT2D eigenvalue weighted by Gasteiger charge is 2.21. The molecule has 0 atom stereocenters. The smallest absolute Gasteiger partial charge is 0.0109 e. The lowest BCUT2D eigenvalue weighted by Gasteiger charge is -1.91. The molecule has 0 radical (unpaired) electrons. The molecule has 0 aromatic rings. The van der Waals surface area contributed by atoms with Crippen LogP contribution in [0.4, 0.5) is 0 Å². The van der Waals surface area contributed by atoms with E-state index in [1.54, 1.807) is 0 Å². The molecule has 0 saturated heterocycles. The van der Waals surface area contributed by atoms with E-state index < -0.39 is 0 Å². The Labute approximate surface area is 50.6 Å². The summed E-state index contributed by atoms with van der Waals surface area (Å²) in [4.78, 5) is 0. The normalized spacial score (nSPS) is 21.5. The number of rotatable bonds is 2. The largest absolute Gasteiger partial charge is 0.327 e. The van der Waals surface area contributed by atoms with Gasteiger partial charge < -0.3 is 5.73 Å². The van der Waals surface area contributed by atoms with E-state index in [9.17, 15) is 0 Å². The second-order valence-corrected chi connectivity index (χ2v) is 2.46. The third kappa shape index (κ3) is 1.34. The minimum Gasteiger partial charge on any atom is -0.327 e. The van der Waals surface area contributed by atoms with Crippen LogP contribution in [0.15, 0.2) is 11.6 Å². The average Bonchev–Trinajstić information content (AvgIpc) is 2.45. The van der Waals surface area contributed by atoms with Gasteiger partial charge >= 0.3 is 0 Å². The Morgan fingerprint density at radius 3 is 2.75 bits per heavy atom. The van der Waals surface area contributed by atoms with Crippen molar-refractivity contribution in [3.05, 3.63) is 11.6 Å². The van der Waals surface area contributed by atoms with E-state index in [1.807, 2.05) is 0 Å². The van der Waals surface area contributed by atoms with Crippen LogP contribution in [0.3, 0.4) is 0 Å². The minimum absolute atomic E-state index is 0.711. The van der Waals surface area contributed by atoms with Crippen LogP contribution >= 0.6 is 0 Å². The van der Waals surface area contributed by atoms with Gasteiger partial charge in [-0.3, -0.25) is 0 Å². The SMILES string of the molecule is CC(=CCN)C1CC1. The number of allylic oxidation sites excluding steroid dienone is 1. The van der Waals surface area contributed by atoms with Gasteiger partial charge in [0.05, 0.1) is 0 Å². The number of hydrogen-bond donors (Lipinski definition) is 1. The highest BCUT2D eigenvalue weighted by atomic mass is 14.5. The Kier molecular flexibility index (Phi) is 1.69. The van der Waals surface area contributed by atoms with Crippen molar-refractivity contribution in [2.45, 2.75) is 19.8 Å². The molecule has 8 heavy (non-hydrogen) atoms. The summed E-state index contributed by atoms with van der Waals surface area (Å²) in [6.07, 6.45) is 4.91. The van der Waals surface area contributed by atoms with Crippen molar-refractivity contribution in [3.8, 4) is 0 Å². The monoisotopic (exact) mass is 111 g/mol. The number of nitrogens with two attached hydrogens (primary N) is 1. The van der Waals surface area contributed by atoms with Crippen molar-refractivity contribution in [1.29, 1.82) is 0 Å². The standard InChI is InChI=1S/C7H13N/c1-6(4-5-8)7-2-3-7/h4,7H,2-3,5,8H2,1H3. The summed E-state index contributed by atoms with van der Waals surface area (Å²) in [5.74, 6) is 0.901. The molecular weight excluding hydrogens is 98.1 g/mol. The topological polar surface area (TPSA) is 26.0 Å². The maximum atomic E-state index is 5.32. The van der Waals surface area contributed by atoms with E-state index in [4.69, 9.17) is 5.73 Å². The average molecular weight is 111 g/mol. The van der Waals surface area contributed by atoms with Gasteiger partial charge in [0.2, 0.25) is 0 Å². The highest BCUT2D eigenvalue weighted by molar-refractivity contribution is 5.09. The van der Waals surface area contributed by atoms with Crippen LogP contribution in [0.1, 0.15) is 19.8 Å². The Morgan fingerprint density at radius 1 is 1.75 bits per heavy atom. The lowest BCUT2D eigenvalue weighted by Crippen LogP contribution is -1.94. The first-order valence-electron chi connectivity index (χ1n) is 3.21. The van der Waals surface area contributed by atoms with Gasteiger partial charge in [-0.1, -0.05) is 11.6 Å². The molecule has 0 heterocycles. The lowest BCUT2D eigenvalue weighted by molar-refractivity contribution is 0.988. The van der Waals surface area contributed by atoms with Crippen molar-refractivity contribution in [1.82, 2.24) is 0 Å². The molecule has 1 heteroatoms. The first-order chi connectivity index (χ1) is 3.84. The quantitative estimate of drug-likeness (QED) is 0.534. The zero-order valence-electron chi connectivity index (χ0n) is 5.35. The number of hydrogen-bond acceptors (Lipinski definition) is 1. The molecule has 1 aliphatic carbocycles. The van der Waals surface area contributed by atoms with E-state index in [-0.39, 0.29) is 0 Å². The highest BCUT2D eigenvalue weighted by Crippen LogP contribution is 2.35. The molecule has 1 nitrogen and oxygen atoms in total. The van der Waals surface area contributed by atoms with Gasteiger partial charge in [-0.2, -0.15) is 0 Å². The summed E-state index contributed by atoms with van der Waals surface area (Å²) in [5, 5.41) is 0. The van der Waals surface area contributed by atoms with Crippen molar-refractivity contribution in [2.75, 3.05) is 6.54 Å².